The second-order valence-electron chi connectivity index (χ2n) is 5.90. The summed E-state index contributed by atoms with van der Waals surface area (Å²) in [5, 5.41) is 13.1. The van der Waals surface area contributed by atoms with Crippen molar-refractivity contribution in [3.8, 4) is 0 Å². The second kappa shape index (κ2) is 6.64. The minimum Gasteiger partial charge on any atom is -0.481 e. The van der Waals surface area contributed by atoms with Gasteiger partial charge in [0.2, 0.25) is 0 Å². The highest BCUT2D eigenvalue weighted by Crippen LogP contribution is 2.25. The molecule has 0 aliphatic carbocycles. The van der Waals surface area contributed by atoms with Crippen LogP contribution >= 0.6 is 0 Å². The highest BCUT2D eigenvalue weighted by molar-refractivity contribution is 7.92. The van der Waals surface area contributed by atoms with Crippen LogP contribution < -0.4 is 4.72 Å². The molecule has 0 spiro atoms. The van der Waals surface area contributed by atoms with Gasteiger partial charge in [0.05, 0.1) is 28.4 Å². The molecule has 0 radical (unpaired) electrons. The molecule has 0 saturated heterocycles. The summed E-state index contributed by atoms with van der Waals surface area (Å²) in [5.74, 6) is -0.962. The zero-order valence-electron chi connectivity index (χ0n) is 14.1. The average Bonchev–Trinajstić information content (AvgIpc) is 2.75. The summed E-state index contributed by atoms with van der Waals surface area (Å²) in [7, 11) is -3.77. The lowest BCUT2D eigenvalue weighted by atomic mass is 10.2. The van der Waals surface area contributed by atoms with Gasteiger partial charge in [-0.05, 0) is 45.4 Å². The SMILES string of the molecule is Cc1nn(C(C)C)c(C)c1NS(=O)(=O)c1ccc(CC(=O)O)cc1. The molecule has 0 aliphatic rings. The van der Waals surface area contributed by atoms with Crippen LogP contribution in [0.15, 0.2) is 29.2 Å². The van der Waals surface area contributed by atoms with Crippen molar-refractivity contribution >= 4 is 21.7 Å². The van der Waals surface area contributed by atoms with E-state index in [4.69, 9.17) is 5.11 Å². The molecule has 0 fully saturated rings. The van der Waals surface area contributed by atoms with Gasteiger partial charge in [0.25, 0.3) is 10.0 Å². The fourth-order valence-electron chi connectivity index (χ4n) is 2.47. The van der Waals surface area contributed by atoms with Crippen molar-refractivity contribution in [3.63, 3.8) is 0 Å². The summed E-state index contributed by atoms with van der Waals surface area (Å²) in [6.45, 7) is 7.51. The van der Waals surface area contributed by atoms with Gasteiger partial charge in [-0.25, -0.2) is 8.42 Å². The first-order valence-corrected chi connectivity index (χ1v) is 8.99. The number of sulfonamides is 1. The lowest BCUT2D eigenvalue weighted by Crippen LogP contribution is -2.14. The summed E-state index contributed by atoms with van der Waals surface area (Å²) < 4.78 is 29.5. The van der Waals surface area contributed by atoms with E-state index in [1.54, 1.807) is 11.6 Å². The van der Waals surface area contributed by atoms with Gasteiger partial charge in [-0.3, -0.25) is 14.2 Å². The Kier molecular flexibility index (Phi) is 4.98. The maximum absolute atomic E-state index is 12.6. The topological polar surface area (TPSA) is 101 Å². The molecule has 1 heterocycles. The van der Waals surface area contributed by atoms with E-state index in [-0.39, 0.29) is 17.4 Å². The zero-order chi connectivity index (χ0) is 18.1. The molecular formula is C16H21N3O4S. The Hall–Kier alpha value is -2.35. The summed E-state index contributed by atoms with van der Waals surface area (Å²) in [5.41, 5.74) is 2.36. The minimum atomic E-state index is -3.77. The first kappa shape index (κ1) is 18.0. The van der Waals surface area contributed by atoms with Crippen LogP contribution in [0.2, 0.25) is 0 Å². The van der Waals surface area contributed by atoms with Crippen molar-refractivity contribution in [2.24, 2.45) is 0 Å². The summed E-state index contributed by atoms with van der Waals surface area (Å²) >= 11 is 0. The number of carboxylic acid groups (broad SMARTS) is 1. The molecule has 0 bridgehead atoms. The predicted molar refractivity (Wildman–Crippen MR) is 90.7 cm³/mol. The van der Waals surface area contributed by atoms with E-state index in [1.165, 1.54) is 24.3 Å². The molecule has 2 aromatic rings. The quantitative estimate of drug-likeness (QED) is 0.833. The predicted octanol–water partition coefficient (Wildman–Crippen LogP) is 2.51. The average molecular weight is 351 g/mol. The van der Waals surface area contributed by atoms with Crippen molar-refractivity contribution < 1.29 is 18.3 Å². The van der Waals surface area contributed by atoms with E-state index in [0.29, 0.717) is 16.9 Å². The molecule has 1 aromatic carbocycles. The van der Waals surface area contributed by atoms with Crippen LogP contribution in [-0.4, -0.2) is 29.3 Å². The third kappa shape index (κ3) is 3.76. The number of hydrogen-bond donors (Lipinski definition) is 2. The number of carboxylic acids is 1. The van der Waals surface area contributed by atoms with Crippen molar-refractivity contribution in [3.05, 3.63) is 41.2 Å². The maximum Gasteiger partial charge on any atom is 0.307 e. The van der Waals surface area contributed by atoms with Gasteiger partial charge < -0.3 is 5.11 Å². The minimum absolute atomic E-state index is 0.0766. The zero-order valence-corrected chi connectivity index (χ0v) is 14.9. The van der Waals surface area contributed by atoms with Crippen LogP contribution in [0, 0.1) is 13.8 Å². The van der Waals surface area contributed by atoms with E-state index in [2.05, 4.69) is 9.82 Å². The Labute approximate surface area is 141 Å². The first-order valence-electron chi connectivity index (χ1n) is 7.51. The molecule has 2 N–H and O–H groups in total. The first-order chi connectivity index (χ1) is 11.1. The molecular weight excluding hydrogens is 330 g/mol. The molecule has 2 rings (SSSR count). The van der Waals surface area contributed by atoms with Crippen LogP contribution in [0.1, 0.15) is 36.8 Å². The Morgan fingerprint density at radius 2 is 1.83 bits per heavy atom. The van der Waals surface area contributed by atoms with E-state index >= 15 is 0 Å². The molecule has 0 aliphatic heterocycles. The van der Waals surface area contributed by atoms with Crippen molar-refractivity contribution in [1.29, 1.82) is 0 Å². The molecule has 0 saturated carbocycles. The van der Waals surface area contributed by atoms with E-state index < -0.39 is 16.0 Å². The molecule has 130 valence electrons. The highest BCUT2D eigenvalue weighted by Gasteiger charge is 2.20. The monoisotopic (exact) mass is 351 g/mol. The normalized spacial score (nSPS) is 11.7. The summed E-state index contributed by atoms with van der Waals surface area (Å²) in [6.07, 6.45) is -0.146. The lowest BCUT2D eigenvalue weighted by molar-refractivity contribution is -0.136. The van der Waals surface area contributed by atoms with Crippen LogP contribution in [0.4, 0.5) is 5.69 Å². The van der Waals surface area contributed by atoms with Crippen molar-refractivity contribution in [2.75, 3.05) is 4.72 Å². The van der Waals surface area contributed by atoms with E-state index in [9.17, 15) is 13.2 Å². The van der Waals surface area contributed by atoms with Crippen LogP contribution in [0.25, 0.3) is 0 Å². The van der Waals surface area contributed by atoms with Gasteiger partial charge in [-0.1, -0.05) is 12.1 Å². The number of anilines is 1. The Morgan fingerprint density at radius 1 is 1.25 bits per heavy atom. The number of rotatable bonds is 6. The molecule has 7 nitrogen and oxygen atoms in total. The third-order valence-electron chi connectivity index (χ3n) is 3.64. The lowest BCUT2D eigenvalue weighted by Gasteiger charge is -2.11. The summed E-state index contributed by atoms with van der Waals surface area (Å²) in [6, 6.07) is 5.92. The standard InChI is InChI=1S/C16H21N3O4S/c1-10(2)19-12(4)16(11(3)17-19)18-24(22,23)14-7-5-13(6-8-14)9-15(20)21/h5-8,10,18H,9H2,1-4H3,(H,20,21). The van der Waals surface area contributed by atoms with E-state index in [1.807, 2.05) is 20.8 Å². The van der Waals surface area contributed by atoms with Crippen LogP contribution in [-0.2, 0) is 21.2 Å². The van der Waals surface area contributed by atoms with Gasteiger partial charge in [-0.2, -0.15) is 5.10 Å². The number of nitrogens with one attached hydrogen (secondary N) is 1. The van der Waals surface area contributed by atoms with Gasteiger partial charge in [-0.15, -0.1) is 0 Å². The van der Waals surface area contributed by atoms with Crippen LogP contribution in [0.5, 0.6) is 0 Å². The maximum atomic E-state index is 12.6. The number of aryl methyl sites for hydroxylation is 1. The second-order valence-corrected chi connectivity index (χ2v) is 7.59. The number of carbonyl (C=O) groups is 1. The number of aromatic nitrogens is 2. The number of hydrogen-bond acceptors (Lipinski definition) is 4. The largest absolute Gasteiger partial charge is 0.481 e. The molecule has 24 heavy (non-hydrogen) atoms. The third-order valence-corrected chi connectivity index (χ3v) is 5.01. The van der Waals surface area contributed by atoms with Gasteiger partial charge in [0.15, 0.2) is 0 Å². The van der Waals surface area contributed by atoms with E-state index in [0.717, 1.165) is 5.69 Å². The van der Waals surface area contributed by atoms with Crippen molar-refractivity contribution in [2.45, 2.75) is 45.1 Å². The Bertz CT molecular complexity index is 852. The van der Waals surface area contributed by atoms with Gasteiger partial charge >= 0.3 is 5.97 Å². The summed E-state index contributed by atoms with van der Waals surface area (Å²) in [4.78, 5) is 10.8. The van der Waals surface area contributed by atoms with Crippen LogP contribution in [0.3, 0.4) is 0 Å². The molecule has 0 amide bonds. The van der Waals surface area contributed by atoms with Gasteiger partial charge in [0.1, 0.15) is 0 Å². The number of aliphatic carboxylic acids is 1. The molecule has 1 aromatic heterocycles. The molecule has 8 heteroatoms. The fourth-order valence-corrected chi connectivity index (χ4v) is 3.64. The smallest absolute Gasteiger partial charge is 0.307 e. The Balaban J connectivity index is 2.30. The number of nitrogens with zero attached hydrogens (tertiary/aromatic N) is 2. The number of benzene rings is 1. The van der Waals surface area contributed by atoms with Crippen molar-refractivity contribution in [1.82, 2.24) is 9.78 Å². The fraction of sp³-hybridized carbons (Fsp3) is 0.375. The molecule has 0 unspecified atom stereocenters. The Morgan fingerprint density at radius 3 is 2.29 bits per heavy atom. The molecule has 0 atom stereocenters. The van der Waals surface area contributed by atoms with Gasteiger partial charge in [0, 0.05) is 6.04 Å². The highest BCUT2D eigenvalue weighted by atomic mass is 32.2.